The lowest BCUT2D eigenvalue weighted by Gasteiger charge is -2.03. The molecule has 0 heterocycles. The van der Waals surface area contributed by atoms with Crippen LogP contribution in [0.15, 0.2) is 0 Å². The van der Waals surface area contributed by atoms with Crippen molar-refractivity contribution in [2.75, 3.05) is 6.61 Å². The molecule has 3 nitrogen and oxygen atoms in total. The predicted octanol–water partition coefficient (Wildman–Crippen LogP) is 5.71. The van der Waals surface area contributed by atoms with E-state index >= 15 is 0 Å². The third-order valence-electron chi connectivity index (χ3n) is 4.28. The van der Waals surface area contributed by atoms with Crippen molar-refractivity contribution in [3.05, 3.63) is 0 Å². The van der Waals surface area contributed by atoms with Crippen LogP contribution in [0.4, 0.5) is 0 Å². The minimum atomic E-state index is 0.361. The Morgan fingerprint density at radius 1 is 0.682 bits per heavy atom. The Kier molecular flexibility index (Phi) is 18.3. The molecule has 0 aliphatic rings. The Balaban J connectivity index is 3.06. The lowest BCUT2D eigenvalue weighted by molar-refractivity contribution is -0.119. The Morgan fingerprint density at radius 2 is 1.09 bits per heavy atom. The summed E-state index contributed by atoms with van der Waals surface area (Å²) in [5.74, 6) is 5.29. The van der Waals surface area contributed by atoms with E-state index in [9.17, 15) is 4.79 Å². The fourth-order valence-electron chi connectivity index (χ4n) is 2.82. The van der Waals surface area contributed by atoms with Crippen LogP contribution in [0.25, 0.3) is 0 Å². The smallest absolute Gasteiger partial charge is 0.132 e. The number of hydrogen-bond acceptors (Lipinski definition) is 3. The lowest BCUT2D eigenvalue weighted by Crippen LogP contribution is -2.04. The van der Waals surface area contributed by atoms with Gasteiger partial charge in [-0.15, -0.1) is 0 Å². The second-order valence-corrected chi connectivity index (χ2v) is 6.51. The van der Waals surface area contributed by atoms with Crippen LogP contribution in [0, 0.1) is 0 Å². The molecular formula is C19H39NO2. The first-order valence-electron chi connectivity index (χ1n) is 9.64. The van der Waals surface area contributed by atoms with Crippen LogP contribution in [0.5, 0.6) is 0 Å². The number of carbonyl (C=O) groups excluding carboxylic acids is 1. The third-order valence-corrected chi connectivity index (χ3v) is 4.28. The number of nitrogens with two attached hydrogens (primary N) is 1. The molecule has 0 aromatic heterocycles. The molecule has 22 heavy (non-hydrogen) atoms. The molecule has 3 heteroatoms. The molecule has 0 unspecified atom stereocenters. The lowest BCUT2D eigenvalue weighted by atomic mass is 10.0. The third kappa shape index (κ3) is 17.6. The van der Waals surface area contributed by atoms with Gasteiger partial charge < -0.3 is 4.84 Å². The topological polar surface area (TPSA) is 52.3 Å². The van der Waals surface area contributed by atoms with Crippen molar-refractivity contribution in [1.29, 1.82) is 0 Å². The number of ketones is 1. The van der Waals surface area contributed by atoms with Crippen molar-refractivity contribution < 1.29 is 9.63 Å². The van der Waals surface area contributed by atoms with Crippen molar-refractivity contribution in [1.82, 2.24) is 0 Å². The van der Waals surface area contributed by atoms with E-state index in [0.717, 1.165) is 19.3 Å². The minimum absolute atomic E-state index is 0.361. The van der Waals surface area contributed by atoms with Crippen molar-refractivity contribution >= 4 is 5.78 Å². The Labute approximate surface area is 138 Å². The van der Waals surface area contributed by atoms with E-state index in [4.69, 9.17) is 5.90 Å². The molecule has 132 valence electrons. The van der Waals surface area contributed by atoms with Crippen LogP contribution in [-0.4, -0.2) is 12.4 Å². The van der Waals surface area contributed by atoms with Crippen molar-refractivity contribution in [2.45, 2.75) is 110 Å². The maximum atomic E-state index is 11.5. The first-order chi connectivity index (χ1) is 10.8. The molecule has 0 aromatic rings. The molecule has 0 atom stereocenters. The van der Waals surface area contributed by atoms with E-state index in [1.165, 1.54) is 77.0 Å². The van der Waals surface area contributed by atoms with Gasteiger partial charge in [0.15, 0.2) is 0 Å². The number of hydrogen-bond donors (Lipinski definition) is 1. The molecule has 2 N–H and O–H groups in total. The number of carbonyl (C=O) groups is 1. The fourth-order valence-corrected chi connectivity index (χ4v) is 2.82. The largest absolute Gasteiger partial charge is 0.305 e. The fraction of sp³-hybridized carbons (Fsp3) is 0.947. The van der Waals surface area contributed by atoms with Gasteiger partial charge in [-0.25, -0.2) is 5.90 Å². The quantitative estimate of drug-likeness (QED) is 0.260. The summed E-state index contributed by atoms with van der Waals surface area (Å²) in [5.41, 5.74) is 0. The minimum Gasteiger partial charge on any atom is -0.305 e. The van der Waals surface area contributed by atoms with Gasteiger partial charge in [0, 0.05) is 12.8 Å². The van der Waals surface area contributed by atoms with Crippen molar-refractivity contribution in [3.8, 4) is 0 Å². The molecule has 0 aliphatic heterocycles. The maximum Gasteiger partial charge on any atom is 0.132 e. The Bertz CT molecular complexity index is 231. The van der Waals surface area contributed by atoms with Gasteiger partial charge in [-0.2, -0.15) is 0 Å². The average Bonchev–Trinajstić information content (AvgIpc) is 2.52. The van der Waals surface area contributed by atoms with Crippen molar-refractivity contribution in [2.24, 2.45) is 5.90 Å². The first kappa shape index (κ1) is 21.6. The van der Waals surface area contributed by atoms with Crippen LogP contribution >= 0.6 is 0 Å². The normalized spacial score (nSPS) is 11.0. The highest BCUT2D eigenvalue weighted by atomic mass is 16.6. The molecule has 0 fully saturated rings. The molecular weight excluding hydrogens is 274 g/mol. The van der Waals surface area contributed by atoms with Crippen LogP contribution in [0.1, 0.15) is 110 Å². The molecule has 0 spiro atoms. The van der Waals surface area contributed by atoms with E-state index in [0.29, 0.717) is 18.8 Å². The second-order valence-electron chi connectivity index (χ2n) is 6.51. The van der Waals surface area contributed by atoms with Gasteiger partial charge in [0.2, 0.25) is 0 Å². The van der Waals surface area contributed by atoms with E-state index < -0.39 is 0 Å². The standard InChI is InChI=1S/C19H39NO2/c1-2-3-4-5-6-7-8-9-10-11-12-13-14-16-19(21)17-15-18-22-20/h2-18,20H2,1H3. The van der Waals surface area contributed by atoms with Gasteiger partial charge in [-0.3, -0.25) is 4.79 Å². The highest BCUT2D eigenvalue weighted by Gasteiger charge is 2.01. The van der Waals surface area contributed by atoms with E-state index in [-0.39, 0.29) is 0 Å². The van der Waals surface area contributed by atoms with Gasteiger partial charge in [-0.1, -0.05) is 84.0 Å². The molecule has 0 saturated heterocycles. The molecule has 0 amide bonds. The van der Waals surface area contributed by atoms with E-state index in [2.05, 4.69) is 11.8 Å². The molecule has 0 saturated carbocycles. The van der Waals surface area contributed by atoms with Gasteiger partial charge in [0.05, 0.1) is 6.61 Å². The average molecular weight is 314 g/mol. The summed E-state index contributed by atoms with van der Waals surface area (Å²) in [6.07, 6.45) is 19.6. The Hall–Kier alpha value is -0.410. The summed E-state index contributed by atoms with van der Waals surface area (Å²) < 4.78 is 0. The number of unbranched alkanes of at least 4 members (excludes halogenated alkanes) is 12. The summed E-state index contributed by atoms with van der Waals surface area (Å²) >= 11 is 0. The zero-order valence-corrected chi connectivity index (χ0v) is 14.9. The number of Topliss-reactive ketones (excluding diaryl/α,β-unsaturated/α-hetero) is 1. The summed E-state index contributed by atoms with van der Waals surface area (Å²) in [5, 5.41) is 0. The SMILES string of the molecule is CCCCCCCCCCCCCCCC(=O)CCCON. The van der Waals surface area contributed by atoms with Crippen LogP contribution in [0.3, 0.4) is 0 Å². The summed E-state index contributed by atoms with van der Waals surface area (Å²) in [6, 6.07) is 0. The summed E-state index contributed by atoms with van der Waals surface area (Å²) in [7, 11) is 0. The van der Waals surface area contributed by atoms with Gasteiger partial charge in [0.25, 0.3) is 0 Å². The first-order valence-corrected chi connectivity index (χ1v) is 9.64. The van der Waals surface area contributed by atoms with Crippen molar-refractivity contribution in [3.63, 3.8) is 0 Å². The summed E-state index contributed by atoms with van der Waals surface area (Å²) in [4.78, 5) is 16.0. The second kappa shape index (κ2) is 18.6. The maximum absolute atomic E-state index is 11.5. The highest BCUT2D eigenvalue weighted by molar-refractivity contribution is 5.78. The summed E-state index contributed by atoms with van der Waals surface area (Å²) in [6.45, 7) is 2.76. The zero-order valence-electron chi connectivity index (χ0n) is 14.9. The van der Waals surface area contributed by atoms with Crippen LogP contribution in [0.2, 0.25) is 0 Å². The monoisotopic (exact) mass is 313 g/mol. The Morgan fingerprint density at radius 3 is 1.55 bits per heavy atom. The molecule has 0 radical (unpaired) electrons. The zero-order chi connectivity index (χ0) is 16.3. The molecule has 0 aromatic carbocycles. The van der Waals surface area contributed by atoms with E-state index in [1.807, 2.05) is 0 Å². The van der Waals surface area contributed by atoms with E-state index in [1.54, 1.807) is 0 Å². The van der Waals surface area contributed by atoms with Gasteiger partial charge >= 0.3 is 0 Å². The molecule has 0 rings (SSSR count). The van der Waals surface area contributed by atoms with Crippen LogP contribution in [-0.2, 0) is 9.63 Å². The van der Waals surface area contributed by atoms with Gasteiger partial charge in [-0.05, 0) is 12.8 Å². The molecule has 0 bridgehead atoms. The molecule has 0 aliphatic carbocycles. The van der Waals surface area contributed by atoms with Gasteiger partial charge in [0.1, 0.15) is 5.78 Å². The number of rotatable bonds is 18. The van der Waals surface area contributed by atoms with Crippen LogP contribution < -0.4 is 5.90 Å². The predicted molar refractivity (Wildman–Crippen MR) is 94.7 cm³/mol. The highest BCUT2D eigenvalue weighted by Crippen LogP contribution is 2.13.